The Morgan fingerprint density at radius 2 is 1.59 bits per heavy atom. The lowest BCUT2D eigenvalue weighted by Crippen LogP contribution is -2.25. The van der Waals surface area contributed by atoms with Gasteiger partial charge >= 0.3 is 18.1 Å². The van der Waals surface area contributed by atoms with E-state index in [1.165, 1.54) is 6.92 Å². The van der Waals surface area contributed by atoms with Gasteiger partial charge in [-0.05, 0) is 86.6 Å². The molecule has 0 amide bonds. The highest BCUT2D eigenvalue weighted by molar-refractivity contribution is 5.95. The minimum Gasteiger partial charge on any atom is -0.506 e. The van der Waals surface area contributed by atoms with E-state index >= 15 is 0 Å². The number of phenols is 1. The number of carbonyl (C=O) groups excluding carboxylic acids is 2. The zero-order chi connectivity index (χ0) is 28.5. The van der Waals surface area contributed by atoms with Crippen molar-refractivity contribution in [3.8, 4) is 28.4 Å². The van der Waals surface area contributed by atoms with Crippen LogP contribution in [0.1, 0.15) is 73.5 Å². The van der Waals surface area contributed by atoms with E-state index in [1.807, 2.05) is 24.3 Å². The zero-order valence-corrected chi connectivity index (χ0v) is 22.0. The van der Waals surface area contributed by atoms with Crippen LogP contribution in [0.4, 0.5) is 13.2 Å². The molecule has 0 radical (unpaired) electrons. The Kier molecular flexibility index (Phi) is 7.63. The van der Waals surface area contributed by atoms with Gasteiger partial charge in [0.15, 0.2) is 0 Å². The third-order valence-electron chi connectivity index (χ3n) is 6.03. The fraction of sp³-hybridized carbons (Fsp3) is 0.333. The SMILES string of the molecule is CC(=O)Oc1ccc(-c2ccc(OCc3ccc(C(F)(F)F)c(O)c3C(=O)OC(C)(C)C)cc2)c(C2CC2)c1. The van der Waals surface area contributed by atoms with Crippen LogP contribution >= 0.6 is 0 Å². The van der Waals surface area contributed by atoms with Gasteiger partial charge in [0, 0.05) is 12.5 Å². The first-order valence-corrected chi connectivity index (χ1v) is 12.4. The molecule has 0 aliphatic heterocycles. The van der Waals surface area contributed by atoms with Gasteiger partial charge in [0.25, 0.3) is 0 Å². The van der Waals surface area contributed by atoms with E-state index in [0.717, 1.165) is 35.6 Å². The first-order chi connectivity index (χ1) is 18.2. The average molecular weight is 543 g/mol. The average Bonchev–Trinajstić information content (AvgIpc) is 3.66. The second kappa shape index (κ2) is 10.6. The van der Waals surface area contributed by atoms with Gasteiger partial charge in [0.2, 0.25) is 0 Å². The van der Waals surface area contributed by atoms with Crippen molar-refractivity contribution >= 4 is 11.9 Å². The van der Waals surface area contributed by atoms with Crippen molar-refractivity contribution in [2.24, 2.45) is 0 Å². The third-order valence-corrected chi connectivity index (χ3v) is 6.03. The molecule has 1 N–H and O–H groups in total. The third kappa shape index (κ3) is 6.90. The van der Waals surface area contributed by atoms with Gasteiger partial charge in [-0.15, -0.1) is 0 Å². The maximum absolute atomic E-state index is 13.4. The fourth-order valence-electron chi connectivity index (χ4n) is 4.20. The highest BCUT2D eigenvalue weighted by Crippen LogP contribution is 2.46. The molecule has 0 heterocycles. The Morgan fingerprint density at radius 3 is 2.15 bits per heavy atom. The predicted octanol–water partition coefficient (Wildman–Crippen LogP) is 7.42. The lowest BCUT2D eigenvalue weighted by Gasteiger charge is -2.22. The molecule has 0 saturated heterocycles. The number of ether oxygens (including phenoxy) is 3. The molecule has 206 valence electrons. The van der Waals surface area contributed by atoms with Crippen molar-refractivity contribution in [2.75, 3.05) is 0 Å². The molecule has 39 heavy (non-hydrogen) atoms. The molecule has 6 nitrogen and oxygen atoms in total. The van der Waals surface area contributed by atoms with Gasteiger partial charge in [-0.1, -0.05) is 24.3 Å². The smallest absolute Gasteiger partial charge is 0.419 e. The molecule has 0 unspecified atom stereocenters. The first kappa shape index (κ1) is 28.0. The number of hydrogen-bond donors (Lipinski definition) is 1. The fourth-order valence-corrected chi connectivity index (χ4v) is 4.20. The molecule has 1 fully saturated rings. The second-order valence-electron chi connectivity index (χ2n) is 10.4. The number of hydrogen-bond acceptors (Lipinski definition) is 6. The van der Waals surface area contributed by atoms with E-state index in [1.54, 1.807) is 39.0 Å². The molecular formula is C30H29F3O6. The van der Waals surface area contributed by atoms with Crippen LogP contribution < -0.4 is 9.47 Å². The van der Waals surface area contributed by atoms with Crippen molar-refractivity contribution in [3.63, 3.8) is 0 Å². The highest BCUT2D eigenvalue weighted by atomic mass is 19.4. The van der Waals surface area contributed by atoms with Crippen molar-refractivity contribution in [3.05, 3.63) is 76.9 Å². The number of esters is 2. The topological polar surface area (TPSA) is 82.1 Å². The molecule has 0 spiro atoms. The lowest BCUT2D eigenvalue weighted by atomic mass is 9.96. The summed E-state index contributed by atoms with van der Waals surface area (Å²) in [6, 6.07) is 14.5. The van der Waals surface area contributed by atoms with Crippen LogP contribution in [0, 0.1) is 0 Å². The van der Waals surface area contributed by atoms with E-state index in [4.69, 9.17) is 14.2 Å². The quantitative estimate of drug-likeness (QED) is 0.247. The first-order valence-electron chi connectivity index (χ1n) is 12.4. The van der Waals surface area contributed by atoms with E-state index in [0.29, 0.717) is 23.5 Å². The van der Waals surface area contributed by atoms with Gasteiger partial charge in [-0.2, -0.15) is 13.2 Å². The summed E-state index contributed by atoms with van der Waals surface area (Å²) in [5, 5.41) is 10.4. The van der Waals surface area contributed by atoms with E-state index < -0.39 is 34.6 Å². The summed E-state index contributed by atoms with van der Waals surface area (Å²) in [5.41, 5.74) is 0.156. The Balaban J connectivity index is 1.57. The van der Waals surface area contributed by atoms with Crippen molar-refractivity contribution in [2.45, 2.75) is 64.8 Å². The predicted molar refractivity (Wildman–Crippen MR) is 138 cm³/mol. The summed E-state index contributed by atoms with van der Waals surface area (Å²) in [6.45, 7) is 5.80. The Hall–Kier alpha value is -4.01. The van der Waals surface area contributed by atoms with Crippen molar-refractivity contribution in [1.82, 2.24) is 0 Å². The Bertz CT molecular complexity index is 1380. The van der Waals surface area contributed by atoms with Crippen molar-refractivity contribution < 1.29 is 42.1 Å². The Morgan fingerprint density at radius 1 is 0.949 bits per heavy atom. The maximum Gasteiger partial charge on any atom is 0.419 e. The Labute approximate surface area is 224 Å². The van der Waals surface area contributed by atoms with Crippen molar-refractivity contribution in [1.29, 1.82) is 0 Å². The van der Waals surface area contributed by atoms with Crippen LogP contribution in [0.3, 0.4) is 0 Å². The number of phenolic OH excluding ortho intramolecular Hbond substituents is 1. The highest BCUT2D eigenvalue weighted by Gasteiger charge is 2.37. The molecule has 3 aromatic carbocycles. The van der Waals surface area contributed by atoms with E-state index in [2.05, 4.69) is 0 Å². The van der Waals surface area contributed by atoms with Crippen LogP contribution in [0.2, 0.25) is 0 Å². The van der Waals surface area contributed by atoms with Gasteiger partial charge < -0.3 is 19.3 Å². The molecule has 0 bridgehead atoms. The molecule has 1 aliphatic carbocycles. The summed E-state index contributed by atoms with van der Waals surface area (Å²) in [6.07, 6.45) is -2.75. The second-order valence-corrected chi connectivity index (χ2v) is 10.4. The van der Waals surface area contributed by atoms with Gasteiger partial charge in [0.05, 0.1) is 5.56 Å². The summed E-state index contributed by atoms with van der Waals surface area (Å²) in [5.74, 6) is -1.36. The number of aromatic hydroxyl groups is 1. The van der Waals surface area contributed by atoms with Crippen LogP contribution in [-0.2, 0) is 22.3 Å². The summed E-state index contributed by atoms with van der Waals surface area (Å²) in [4.78, 5) is 24.1. The molecule has 3 aromatic rings. The van der Waals surface area contributed by atoms with Gasteiger partial charge in [0.1, 0.15) is 35.0 Å². The minimum absolute atomic E-state index is 0.0518. The standard InChI is InChI=1S/C30H29F3O6/c1-17(34)38-22-12-13-23(24(15-22)19-5-6-19)18-7-10-21(11-8-18)37-16-20-9-14-25(30(31,32)33)27(35)26(20)28(36)39-29(2,3)4/h7-15,19,35H,5-6,16H2,1-4H3. The molecule has 1 aliphatic rings. The molecule has 0 atom stereocenters. The van der Waals surface area contributed by atoms with E-state index in [-0.39, 0.29) is 18.1 Å². The summed E-state index contributed by atoms with van der Waals surface area (Å²) >= 11 is 0. The van der Waals surface area contributed by atoms with Gasteiger partial charge in [-0.25, -0.2) is 4.79 Å². The van der Waals surface area contributed by atoms with Gasteiger partial charge in [-0.3, -0.25) is 4.79 Å². The number of rotatable bonds is 7. The monoisotopic (exact) mass is 542 g/mol. The molecule has 1 saturated carbocycles. The molecule has 0 aromatic heterocycles. The zero-order valence-electron chi connectivity index (χ0n) is 22.0. The minimum atomic E-state index is -4.86. The number of halogens is 3. The normalized spacial score (nSPS) is 13.6. The molecular weight excluding hydrogens is 513 g/mol. The molecule has 9 heteroatoms. The number of alkyl halides is 3. The largest absolute Gasteiger partial charge is 0.506 e. The van der Waals surface area contributed by atoms with Crippen LogP contribution in [0.15, 0.2) is 54.6 Å². The lowest BCUT2D eigenvalue weighted by molar-refractivity contribution is -0.138. The van der Waals surface area contributed by atoms with E-state index in [9.17, 15) is 27.9 Å². The van der Waals surface area contributed by atoms with Crippen LogP contribution in [0.5, 0.6) is 17.2 Å². The number of carbonyl (C=O) groups is 2. The maximum atomic E-state index is 13.4. The van der Waals surface area contributed by atoms with Crippen LogP contribution in [-0.4, -0.2) is 22.6 Å². The summed E-state index contributed by atoms with van der Waals surface area (Å²) in [7, 11) is 0. The van der Waals surface area contributed by atoms with Crippen LogP contribution in [0.25, 0.3) is 11.1 Å². The summed E-state index contributed by atoms with van der Waals surface area (Å²) < 4.78 is 56.4. The molecule has 4 rings (SSSR count). The number of benzene rings is 3.